The predicted molar refractivity (Wildman–Crippen MR) is 123 cm³/mol. The summed E-state index contributed by atoms with van der Waals surface area (Å²) < 4.78 is 5.75. The summed E-state index contributed by atoms with van der Waals surface area (Å²) >= 11 is 0. The van der Waals surface area contributed by atoms with Crippen LogP contribution < -0.4 is 10.1 Å². The molecular formula is C25H35N3O3. The van der Waals surface area contributed by atoms with Crippen molar-refractivity contribution >= 4 is 5.91 Å². The van der Waals surface area contributed by atoms with E-state index >= 15 is 0 Å². The van der Waals surface area contributed by atoms with E-state index < -0.39 is 6.10 Å². The number of ether oxygens (including phenoxy) is 1. The molecule has 1 heterocycles. The van der Waals surface area contributed by atoms with Gasteiger partial charge >= 0.3 is 0 Å². The molecule has 0 radical (unpaired) electrons. The molecule has 1 aliphatic rings. The maximum atomic E-state index is 12.4. The Labute approximate surface area is 185 Å². The van der Waals surface area contributed by atoms with Crippen LogP contribution in [0.15, 0.2) is 48.5 Å². The van der Waals surface area contributed by atoms with E-state index in [0.717, 1.165) is 31.8 Å². The fourth-order valence-corrected chi connectivity index (χ4v) is 3.65. The topological polar surface area (TPSA) is 65.0 Å². The molecule has 0 aliphatic carbocycles. The molecule has 6 nitrogen and oxygen atoms in total. The molecular weight excluding hydrogens is 390 g/mol. The molecule has 1 amide bonds. The molecule has 31 heavy (non-hydrogen) atoms. The molecule has 0 fully saturated rings. The van der Waals surface area contributed by atoms with Crippen molar-refractivity contribution in [2.75, 3.05) is 39.8 Å². The third-order valence-electron chi connectivity index (χ3n) is 5.89. The molecule has 2 N–H and O–H groups in total. The van der Waals surface area contributed by atoms with E-state index in [-0.39, 0.29) is 12.5 Å². The highest BCUT2D eigenvalue weighted by Gasteiger charge is 2.19. The molecule has 168 valence electrons. The lowest BCUT2D eigenvalue weighted by molar-refractivity contribution is 0.0842. The number of nitrogens with zero attached hydrogens (tertiary/aromatic N) is 2. The summed E-state index contributed by atoms with van der Waals surface area (Å²) in [6, 6.07) is 16.1. The number of hydrogen-bond donors (Lipinski definition) is 2. The zero-order chi connectivity index (χ0) is 22.2. The molecule has 3 rings (SSSR count). The number of carbonyl (C=O) groups excluding carboxylic acids is 1. The Morgan fingerprint density at radius 1 is 1.16 bits per heavy atom. The molecule has 2 aromatic rings. The largest absolute Gasteiger partial charge is 0.492 e. The lowest BCUT2D eigenvalue weighted by atomic mass is 10.00. The van der Waals surface area contributed by atoms with Crippen molar-refractivity contribution in [2.24, 2.45) is 0 Å². The van der Waals surface area contributed by atoms with Gasteiger partial charge in [-0.1, -0.05) is 24.3 Å². The molecule has 0 bridgehead atoms. The van der Waals surface area contributed by atoms with Gasteiger partial charge in [-0.05, 0) is 62.7 Å². The zero-order valence-electron chi connectivity index (χ0n) is 18.9. The van der Waals surface area contributed by atoms with Crippen molar-refractivity contribution in [2.45, 2.75) is 39.0 Å². The number of rotatable bonds is 10. The summed E-state index contributed by atoms with van der Waals surface area (Å²) in [5, 5.41) is 13.2. The van der Waals surface area contributed by atoms with Gasteiger partial charge in [0.05, 0.1) is 6.10 Å². The standard InChI is InChI=1S/C25H35N3O3/c1-19(2)27(3)14-15-31-24-10-8-21(9-11-24)25(30)26-16-23(29)18-28-13-12-20-6-4-5-7-22(20)17-28/h4-11,19,23,29H,12-18H2,1-3H3,(H,26,30). The minimum Gasteiger partial charge on any atom is -0.492 e. The first kappa shape index (κ1) is 23.3. The summed E-state index contributed by atoms with van der Waals surface area (Å²) in [7, 11) is 2.07. The lowest BCUT2D eigenvalue weighted by Gasteiger charge is -2.30. The second kappa shape index (κ2) is 11.3. The minimum atomic E-state index is -0.602. The van der Waals surface area contributed by atoms with Crippen LogP contribution in [0.25, 0.3) is 0 Å². The van der Waals surface area contributed by atoms with Crippen molar-refractivity contribution in [1.82, 2.24) is 15.1 Å². The molecule has 0 saturated heterocycles. The summed E-state index contributed by atoms with van der Waals surface area (Å²) in [5.41, 5.74) is 3.27. The maximum absolute atomic E-state index is 12.4. The first-order valence-electron chi connectivity index (χ1n) is 11.1. The molecule has 1 atom stereocenters. The fraction of sp³-hybridized carbons (Fsp3) is 0.480. The van der Waals surface area contributed by atoms with Crippen molar-refractivity contribution in [3.63, 3.8) is 0 Å². The van der Waals surface area contributed by atoms with E-state index in [1.165, 1.54) is 11.1 Å². The van der Waals surface area contributed by atoms with Gasteiger partial charge < -0.3 is 20.1 Å². The number of aliphatic hydroxyl groups is 1. The summed E-state index contributed by atoms with van der Waals surface area (Å²) in [6.45, 7) is 8.30. The van der Waals surface area contributed by atoms with Crippen molar-refractivity contribution in [1.29, 1.82) is 0 Å². The number of carbonyl (C=O) groups is 1. The van der Waals surface area contributed by atoms with Gasteiger partial charge in [0.2, 0.25) is 0 Å². The van der Waals surface area contributed by atoms with Crippen molar-refractivity contribution in [3.8, 4) is 5.75 Å². The van der Waals surface area contributed by atoms with Gasteiger partial charge in [0.1, 0.15) is 12.4 Å². The van der Waals surface area contributed by atoms with E-state index in [2.05, 4.69) is 60.3 Å². The van der Waals surface area contributed by atoms with Gasteiger partial charge in [-0.3, -0.25) is 9.69 Å². The molecule has 0 saturated carbocycles. The lowest BCUT2D eigenvalue weighted by Crippen LogP contribution is -2.42. The van der Waals surface area contributed by atoms with Gasteiger partial charge in [-0.25, -0.2) is 0 Å². The highest BCUT2D eigenvalue weighted by molar-refractivity contribution is 5.94. The average Bonchev–Trinajstić information content (AvgIpc) is 2.77. The van der Waals surface area contributed by atoms with Crippen molar-refractivity contribution < 1.29 is 14.6 Å². The second-order valence-corrected chi connectivity index (χ2v) is 8.56. The molecule has 1 aliphatic heterocycles. The normalized spacial score (nSPS) is 15.0. The number of fused-ring (bicyclic) bond motifs is 1. The Morgan fingerprint density at radius 2 is 1.87 bits per heavy atom. The third kappa shape index (κ3) is 7.06. The van der Waals surface area contributed by atoms with Crippen LogP contribution >= 0.6 is 0 Å². The number of aliphatic hydroxyl groups excluding tert-OH is 1. The maximum Gasteiger partial charge on any atom is 0.251 e. The molecule has 0 spiro atoms. The molecule has 6 heteroatoms. The fourth-order valence-electron chi connectivity index (χ4n) is 3.65. The van der Waals surface area contributed by atoms with Crippen LogP contribution in [0.1, 0.15) is 35.3 Å². The van der Waals surface area contributed by atoms with Crippen LogP contribution in [0, 0.1) is 0 Å². The average molecular weight is 426 g/mol. The number of likely N-dealkylation sites (N-methyl/N-ethyl adjacent to an activating group) is 1. The van der Waals surface area contributed by atoms with E-state index in [0.29, 0.717) is 24.8 Å². The first-order valence-corrected chi connectivity index (χ1v) is 11.1. The number of amides is 1. The van der Waals surface area contributed by atoms with Gasteiger partial charge in [0, 0.05) is 44.3 Å². The van der Waals surface area contributed by atoms with Crippen molar-refractivity contribution in [3.05, 3.63) is 65.2 Å². The van der Waals surface area contributed by atoms with E-state index in [1.807, 2.05) is 12.1 Å². The van der Waals surface area contributed by atoms with E-state index in [4.69, 9.17) is 4.74 Å². The molecule has 0 aromatic heterocycles. The zero-order valence-corrected chi connectivity index (χ0v) is 18.9. The molecule has 2 aromatic carbocycles. The van der Waals surface area contributed by atoms with Crippen LogP contribution in [0.5, 0.6) is 5.75 Å². The van der Waals surface area contributed by atoms with Crippen LogP contribution in [0.2, 0.25) is 0 Å². The predicted octanol–water partition coefficient (Wildman–Crippen LogP) is 2.55. The van der Waals surface area contributed by atoms with Crippen LogP contribution in [-0.2, 0) is 13.0 Å². The Kier molecular flexibility index (Phi) is 8.46. The SMILES string of the molecule is CC(C)N(C)CCOc1ccc(C(=O)NCC(O)CN2CCc3ccccc3C2)cc1. The Hall–Kier alpha value is -2.41. The van der Waals surface area contributed by atoms with Gasteiger partial charge in [-0.2, -0.15) is 0 Å². The quantitative estimate of drug-likeness (QED) is 0.613. The Bertz CT molecular complexity index is 838. The summed E-state index contributed by atoms with van der Waals surface area (Å²) in [4.78, 5) is 16.9. The van der Waals surface area contributed by atoms with Gasteiger partial charge in [0.25, 0.3) is 5.91 Å². The molecule has 1 unspecified atom stereocenters. The Morgan fingerprint density at radius 3 is 2.58 bits per heavy atom. The summed E-state index contributed by atoms with van der Waals surface area (Å²) in [6.07, 6.45) is 0.395. The highest BCUT2D eigenvalue weighted by atomic mass is 16.5. The number of nitrogens with one attached hydrogen (secondary N) is 1. The Balaban J connectivity index is 1.39. The number of hydrogen-bond acceptors (Lipinski definition) is 5. The highest BCUT2D eigenvalue weighted by Crippen LogP contribution is 2.18. The van der Waals surface area contributed by atoms with E-state index in [9.17, 15) is 9.90 Å². The number of β-amino-alcohol motifs (C(OH)–C–C–N with tert-alkyl or cyclic N) is 1. The number of benzene rings is 2. The minimum absolute atomic E-state index is 0.186. The van der Waals surface area contributed by atoms with Gasteiger partial charge in [0.15, 0.2) is 0 Å². The smallest absolute Gasteiger partial charge is 0.251 e. The van der Waals surface area contributed by atoms with Crippen LogP contribution in [-0.4, -0.2) is 72.8 Å². The van der Waals surface area contributed by atoms with Crippen LogP contribution in [0.4, 0.5) is 0 Å². The first-order chi connectivity index (χ1) is 14.9. The second-order valence-electron chi connectivity index (χ2n) is 8.56. The third-order valence-corrected chi connectivity index (χ3v) is 5.89. The van der Waals surface area contributed by atoms with E-state index in [1.54, 1.807) is 12.1 Å². The monoisotopic (exact) mass is 425 g/mol. The van der Waals surface area contributed by atoms with Gasteiger partial charge in [-0.15, -0.1) is 0 Å². The van der Waals surface area contributed by atoms with Crippen LogP contribution in [0.3, 0.4) is 0 Å². The summed E-state index contributed by atoms with van der Waals surface area (Å²) in [5.74, 6) is 0.563.